The largest absolute Gasteiger partial charge is 0.467 e. The third-order valence-corrected chi connectivity index (χ3v) is 3.33. The van der Waals surface area contributed by atoms with Crippen LogP contribution in [0.5, 0.6) is 6.01 Å². The fourth-order valence-electron chi connectivity index (χ4n) is 2.13. The molecule has 10 heteroatoms. The molecule has 1 aliphatic rings. The van der Waals surface area contributed by atoms with E-state index < -0.39 is 0 Å². The molecule has 0 unspecified atom stereocenters. The van der Waals surface area contributed by atoms with Gasteiger partial charge in [0.05, 0.1) is 33.1 Å². The molecule has 0 spiro atoms. The lowest BCUT2D eigenvalue weighted by Crippen LogP contribution is -2.37. The number of nitrogens with one attached hydrogen (secondary N) is 1. The predicted octanol–water partition coefficient (Wildman–Crippen LogP) is -0.563. The lowest BCUT2D eigenvalue weighted by Gasteiger charge is -2.26. The van der Waals surface area contributed by atoms with Gasteiger partial charge in [-0.2, -0.15) is 15.0 Å². The number of rotatable bonds is 5. The molecule has 3 rings (SSSR count). The highest BCUT2D eigenvalue weighted by atomic mass is 16.5. The summed E-state index contributed by atoms with van der Waals surface area (Å²) in [5.74, 6) is 0.560. The average Bonchev–Trinajstić information content (AvgIpc) is 2.67. The minimum absolute atomic E-state index is 0.131. The maximum absolute atomic E-state index is 12.0. The van der Waals surface area contributed by atoms with E-state index in [1.165, 1.54) is 25.7 Å². The van der Waals surface area contributed by atoms with Crippen molar-refractivity contribution < 1.29 is 14.3 Å². The maximum Gasteiger partial charge on any atom is 0.321 e. The molecule has 10 nitrogen and oxygen atoms in total. The van der Waals surface area contributed by atoms with Gasteiger partial charge in [0.15, 0.2) is 5.82 Å². The fraction of sp³-hybridized carbons (Fsp3) is 0.429. The van der Waals surface area contributed by atoms with Crippen molar-refractivity contribution in [2.75, 3.05) is 38.3 Å². The standard InChI is InChI=1S/C14H17N7O3/c1-23-14-19-11(9-17-12(22)10-8-15-2-3-16-10)18-13(20-14)21-4-6-24-7-5-21/h2-3,8H,4-7,9H2,1H3,(H,17,22). The monoisotopic (exact) mass is 331 g/mol. The van der Waals surface area contributed by atoms with E-state index in [-0.39, 0.29) is 24.2 Å². The highest BCUT2D eigenvalue weighted by Crippen LogP contribution is 2.13. The van der Waals surface area contributed by atoms with Crippen molar-refractivity contribution in [3.8, 4) is 6.01 Å². The van der Waals surface area contributed by atoms with E-state index in [4.69, 9.17) is 9.47 Å². The second-order valence-corrected chi connectivity index (χ2v) is 4.91. The number of amides is 1. The Morgan fingerprint density at radius 3 is 2.83 bits per heavy atom. The van der Waals surface area contributed by atoms with Crippen molar-refractivity contribution in [1.29, 1.82) is 0 Å². The summed E-state index contributed by atoms with van der Waals surface area (Å²) in [5.41, 5.74) is 0.229. The predicted molar refractivity (Wildman–Crippen MR) is 82.6 cm³/mol. The van der Waals surface area contributed by atoms with E-state index in [9.17, 15) is 4.79 Å². The molecule has 1 fully saturated rings. The molecule has 126 valence electrons. The van der Waals surface area contributed by atoms with Gasteiger partial charge in [-0.05, 0) is 0 Å². The van der Waals surface area contributed by atoms with Gasteiger partial charge in [-0.15, -0.1) is 0 Å². The molecule has 0 radical (unpaired) electrons. The van der Waals surface area contributed by atoms with Crippen LogP contribution in [-0.4, -0.2) is 64.2 Å². The van der Waals surface area contributed by atoms with Crippen LogP contribution in [0.1, 0.15) is 16.3 Å². The minimum atomic E-state index is -0.351. The molecule has 3 heterocycles. The third-order valence-electron chi connectivity index (χ3n) is 3.33. The van der Waals surface area contributed by atoms with Gasteiger partial charge in [0.1, 0.15) is 5.69 Å². The Kier molecular flexibility index (Phi) is 5.06. The van der Waals surface area contributed by atoms with Gasteiger partial charge in [-0.25, -0.2) is 4.98 Å². The average molecular weight is 331 g/mol. The number of morpholine rings is 1. The lowest BCUT2D eigenvalue weighted by atomic mass is 10.4. The van der Waals surface area contributed by atoms with Crippen molar-refractivity contribution in [2.45, 2.75) is 6.54 Å². The van der Waals surface area contributed by atoms with E-state index in [2.05, 4.69) is 30.2 Å². The molecule has 0 saturated carbocycles. The van der Waals surface area contributed by atoms with E-state index in [0.29, 0.717) is 38.1 Å². The normalized spacial score (nSPS) is 14.3. The Balaban J connectivity index is 1.71. The number of carbonyl (C=O) groups is 1. The number of methoxy groups -OCH3 is 1. The molecule has 0 aromatic carbocycles. The van der Waals surface area contributed by atoms with Crippen LogP contribution in [0.3, 0.4) is 0 Å². The van der Waals surface area contributed by atoms with E-state index >= 15 is 0 Å². The van der Waals surface area contributed by atoms with Gasteiger partial charge >= 0.3 is 6.01 Å². The van der Waals surface area contributed by atoms with Gasteiger partial charge < -0.3 is 19.7 Å². The molecule has 0 atom stereocenters. The lowest BCUT2D eigenvalue weighted by molar-refractivity contribution is 0.0944. The summed E-state index contributed by atoms with van der Waals surface area (Å²) in [6.07, 6.45) is 4.35. The molecule has 1 amide bonds. The van der Waals surface area contributed by atoms with Gasteiger partial charge in [0.25, 0.3) is 5.91 Å². The first-order valence-electron chi connectivity index (χ1n) is 7.42. The molecule has 1 aliphatic heterocycles. The first kappa shape index (κ1) is 16.0. The summed E-state index contributed by atoms with van der Waals surface area (Å²) < 4.78 is 10.4. The summed E-state index contributed by atoms with van der Waals surface area (Å²) in [7, 11) is 1.49. The number of carbonyl (C=O) groups excluding carboxylic acids is 1. The van der Waals surface area contributed by atoms with Crippen LogP contribution in [0, 0.1) is 0 Å². The first-order valence-corrected chi connectivity index (χ1v) is 7.42. The summed E-state index contributed by atoms with van der Waals surface area (Å²) in [5, 5.41) is 2.70. The second-order valence-electron chi connectivity index (χ2n) is 4.91. The van der Waals surface area contributed by atoms with Crippen LogP contribution in [0.15, 0.2) is 18.6 Å². The summed E-state index contributed by atoms with van der Waals surface area (Å²) in [4.78, 5) is 34.6. The molecule has 0 bridgehead atoms. The Morgan fingerprint density at radius 1 is 1.29 bits per heavy atom. The van der Waals surface area contributed by atoms with Gasteiger partial charge in [-0.3, -0.25) is 9.78 Å². The van der Waals surface area contributed by atoms with Crippen molar-refractivity contribution in [2.24, 2.45) is 0 Å². The van der Waals surface area contributed by atoms with Crippen molar-refractivity contribution >= 4 is 11.9 Å². The minimum Gasteiger partial charge on any atom is -0.467 e. The number of ether oxygens (including phenoxy) is 2. The zero-order valence-corrected chi connectivity index (χ0v) is 13.2. The third kappa shape index (κ3) is 3.90. The molecule has 1 N–H and O–H groups in total. The van der Waals surface area contributed by atoms with E-state index in [1.54, 1.807) is 0 Å². The molecule has 2 aromatic rings. The molecular weight excluding hydrogens is 314 g/mol. The summed E-state index contributed by atoms with van der Waals surface area (Å²) in [6, 6.07) is 0.204. The van der Waals surface area contributed by atoms with Crippen molar-refractivity contribution in [1.82, 2.24) is 30.2 Å². The van der Waals surface area contributed by atoms with Gasteiger partial charge in [0, 0.05) is 25.5 Å². The Labute approximate surface area is 138 Å². The highest BCUT2D eigenvalue weighted by molar-refractivity contribution is 5.91. The van der Waals surface area contributed by atoms with E-state index in [1.807, 2.05) is 4.90 Å². The summed E-state index contributed by atoms with van der Waals surface area (Å²) in [6.45, 7) is 2.75. The molecule has 2 aromatic heterocycles. The first-order chi connectivity index (χ1) is 11.8. The molecule has 24 heavy (non-hydrogen) atoms. The maximum atomic E-state index is 12.0. The van der Waals surface area contributed by atoms with Crippen LogP contribution in [0.4, 0.5) is 5.95 Å². The zero-order chi connectivity index (χ0) is 16.8. The van der Waals surface area contributed by atoms with E-state index in [0.717, 1.165) is 0 Å². The summed E-state index contributed by atoms with van der Waals surface area (Å²) >= 11 is 0. The van der Waals surface area contributed by atoms with Crippen molar-refractivity contribution in [3.05, 3.63) is 30.1 Å². The van der Waals surface area contributed by atoms with Crippen LogP contribution in [0.25, 0.3) is 0 Å². The van der Waals surface area contributed by atoms with Gasteiger partial charge in [0.2, 0.25) is 5.95 Å². The number of hydrogen-bond acceptors (Lipinski definition) is 9. The Hall–Kier alpha value is -2.88. The number of aromatic nitrogens is 5. The quantitative estimate of drug-likeness (QED) is 0.769. The highest BCUT2D eigenvalue weighted by Gasteiger charge is 2.17. The molecule has 1 saturated heterocycles. The number of hydrogen-bond donors (Lipinski definition) is 1. The van der Waals surface area contributed by atoms with Crippen molar-refractivity contribution in [3.63, 3.8) is 0 Å². The fourth-order valence-corrected chi connectivity index (χ4v) is 2.13. The Bertz CT molecular complexity index is 692. The molecular formula is C14H17N7O3. The van der Waals surface area contributed by atoms with Crippen LogP contribution in [-0.2, 0) is 11.3 Å². The topological polar surface area (TPSA) is 115 Å². The number of nitrogens with zero attached hydrogens (tertiary/aromatic N) is 6. The SMILES string of the molecule is COc1nc(CNC(=O)c2cnccn2)nc(N2CCOCC2)n1. The number of anilines is 1. The Morgan fingerprint density at radius 2 is 2.12 bits per heavy atom. The second kappa shape index (κ2) is 7.59. The zero-order valence-electron chi connectivity index (χ0n) is 13.2. The van der Waals surface area contributed by atoms with Gasteiger partial charge in [-0.1, -0.05) is 0 Å². The van der Waals surface area contributed by atoms with Crippen LogP contribution >= 0.6 is 0 Å². The smallest absolute Gasteiger partial charge is 0.321 e. The molecule has 0 aliphatic carbocycles. The van der Waals surface area contributed by atoms with Crippen LogP contribution < -0.4 is 15.0 Å². The van der Waals surface area contributed by atoms with Crippen LogP contribution in [0.2, 0.25) is 0 Å².